The van der Waals surface area contributed by atoms with Gasteiger partial charge in [-0.2, -0.15) is 0 Å². The van der Waals surface area contributed by atoms with E-state index < -0.39 is 0 Å². The highest BCUT2D eigenvalue weighted by molar-refractivity contribution is 7.62. The Kier molecular flexibility index (Phi) is 4.74. The lowest BCUT2D eigenvalue weighted by molar-refractivity contribution is 0.605. The van der Waals surface area contributed by atoms with E-state index in [-0.39, 0.29) is 13.1 Å². The smallest absolute Gasteiger partial charge is 0.0171 e. The van der Waals surface area contributed by atoms with Crippen LogP contribution in [0.2, 0.25) is 0 Å². The molecule has 120 valence electrons. The van der Waals surface area contributed by atoms with Gasteiger partial charge in [0.1, 0.15) is 0 Å². The summed E-state index contributed by atoms with van der Waals surface area (Å²) in [5.74, 6) is 0.461. The molecule has 0 N–H and O–H groups in total. The molecular formula is C21H31P. The molecule has 0 radical (unpaired) electrons. The van der Waals surface area contributed by atoms with Crippen LogP contribution in [0.5, 0.6) is 0 Å². The molecule has 1 heteroatoms. The molecule has 0 spiro atoms. The van der Waals surface area contributed by atoms with Crippen molar-refractivity contribution in [3.05, 3.63) is 60.2 Å². The first kappa shape index (κ1) is 17.5. The molecule has 2 atom stereocenters. The van der Waals surface area contributed by atoms with Crippen molar-refractivity contribution in [2.24, 2.45) is 0 Å². The van der Waals surface area contributed by atoms with Gasteiger partial charge >= 0.3 is 0 Å². The molecular weight excluding hydrogens is 283 g/mol. The van der Waals surface area contributed by atoms with Crippen LogP contribution in [-0.4, -0.2) is 15.5 Å². The first-order valence-corrected chi connectivity index (χ1v) is 9.62. The maximum atomic E-state index is 2.48. The van der Waals surface area contributed by atoms with E-state index in [0.717, 1.165) is 0 Å². The predicted molar refractivity (Wildman–Crippen MR) is 102 cm³/mol. The van der Waals surface area contributed by atoms with Gasteiger partial charge in [-0.3, -0.25) is 0 Å². The van der Waals surface area contributed by atoms with Crippen LogP contribution in [-0.2, 0) is 0 Å². The van der Waals surface area contributed by atoms with Crippen LogP contribution < -0.4 is 0 Å². The third-order valence-electron chi connectivity index (χ3n) is 4.46. The molecule has 2 unspecified atom stereocenters. The topological polar surface area (TPSA) is 0 Å². The van der Waals surface area contributed by atoms with E-state index >= 15 is 0 Å². The molecule has 2 rings (SSSR count). The molecule has 1 aromatic carbocycles. The summed E-state index contributed by atoms with van der Waals surface area (Å²) in [5.41, 5.74) is 1.44. The van der Waals surface area contributed by atoms with Crippen molar-refractivity contribution in [1.82, 2.24) is 0 Å². The SMILES string of the molecule is CC(C)(C)P(C(C)(C)C)C1(C)C=CC=CC1c1ccccc1. The molecule has 0 heterocycles. The van der Waals surface area contributed by atoms with E-state index in [1.165, 1.54) is 5.56 Å². The predicted octanol–water partition coefficient (Wildman–Crippen LogP) is 6.73. The number of hydrogen-bond donors (Lipinski definition) is 0. The van der Waals surface area contributed by atoms with Gasteiger partial charge in [0, 0.05) is 11.1 Å². The first-order chi connectivity index (χ1) is 10.1. The zero-order valence-corrected chi connectivity index (χ0v) is 16.1. The zero-order valence-electron chi connectivity index (χ0n) is 15.2. The van der Waals surface area contributed by atoms with Crippen molar-refractivity contribution in [3.63, 3.8) is 0 Å². The third-order valence-corrected chi connectivity index (χ3v) is 8.53. The average molecular weight is 314 g/mol. The van der Waals surface area contributed by atoms with Crippen LogP contribution in [0.4, 0.5) is 0 Å². The van der Waals surface area contributed by atoms with Gasteiger partial charge in [-0.1, -0.05) is 111 Å². The normalized spacial score (nSPS) is 25.7. The van der Waals surface area contributed by atoms with Crippen LogP contribution in [0.15, 0.2) is 54.6 Å². The van der Waals surface area contributed by atoms with Gasteiger partial charge in [0.15, 0.2) is 0 Å². The molecule has 1 aliphatic carbocycles. The molecule has 0 fully saturated rings. The molecule has 1 aromatic rings. The highest BCUT2D eigenvalue weighted by atomic mass is 31.1. The van der Waals surface area contributed by atoms with Crippen molar-refractivity contribution in [2.45, 2.75) is 69.9 Å². The Labute approximate surface area is 138 Å². The monoisotopic (exact) mass is 314 g/mol. The maximum Gasteiger partial charge on any atom is 0.0171 e. The second kappa shape index (κ2) is 5.97. The lowest BCUT2D eigenvalue weighted by Crippen LogP contribution is -2.41. The van der Waals surface area contributed by atoms with Crippen molar-refractivity contribution in [1.29, 1.82) is 0 Å². The minimum atomic E-state index is -0.244. The molecule has 0 aliphatic heterocycles. The van der Waals surface area contributed by atoms with Gasteiger partial charge in [0.25, 0.3) is 0 Å². The van der Waals surface area contributed by atoms with Crippen LogP contribution in [0.25, 0.3) is 0 Å². The molecule has 0 aromatic heterocycles. The second-order valence-corrected chi connectivity index (χ2v) is 12.9. The quantitative estimate of drug-likeness (QED) is 0.531. The Bertz CT molecular complexity index is 540. The Morgan fingerprint density at radius 1 is 0.864 bits per heavy atom. The molecule has 0 nitrogen and oxygen atoms in total. The van der Waals surface area contributed by atoms with E-state index in [0.29, 0.717) is 16.2 Å². The van der Waals surface area contributed by atoms with Gasteiger partial charge < -0.3 is 0 Å². The lowest BCUT2D eigenvalue weighted by atomic mass is 9.83. The van der Waals surface area contributed by atoms with Gasteiger partial charge in [0.2, 0.25) is 0 Å². The van der Waals surface area contributed by atoms with Crippen molar-refractivity contribution < 1.29 is 0 Å². The fraction of sp³-hybridized carbons (Fsp3) is 0.524. The summed E-state index contributed by atoms with van der Waals surface area (Å²) in [5, 5.41) is 0.803. The largest absolute Gasteiger partial charge is 0.0847 e. The van der Waals surface area contributed by atoms with Crippen molar-refractivity contribution in [2.75, 3.05) is 0 Å². The Morgan fingerprint density at radius 3 is 1.91 bits per heavy atom. The van der Waals surface area contributed by atoms with Gasteiger partial charge in [0.05, 0.1) is 0 Å². The van der Waals surface area contributed by atoms with Crippen LogP contribution in [0.3, 0.4) is 0 Å². The summed E-state index contributed by atoms with van der Waals surface area (Å²) >= 11 is 0. The summed E-state index contributed by atoms with van der Waals surface area (Å²) in [6, 6.07) is 11.0. The summed E-state index contributed by atoms with van der Waals surface area (Å²) in [6.07, 6.45) is 9.36. The van der Waals surface area contributed by atoms with E-state index in [1.807, 2.05) is 0 Å². The highest BCUT2D eigenvalue weighted by Gasteiger charge is 2.49. The number of rotatable bonds is 2. The molecule has 0 saturated heterocycles. The maximum absolute atomic E-state index is 2.48. The van der Waals surface area contributed by atoms with Gasteiger partial charge in [-0.05, 0) is 15.9 Å². The van der Waals surface area contributed by atoms with Gasteiger partial charge in [-0.15, -0.1) is 0 Å². The average Bonchev–Trinajstić information content (AvgIpc) is 2.36. The second-order valence-electron chi connectivity index (χ2n) is 8.54. The van der Waals surface area contributed by atoms with E-state index in [2.05, 4.69) is 103 Å². The summed E-state index contributed by atoms with van der Waals surface area (Å²) < 4.78 is 0. The third kappa shape index (κ3) is 3.38. The van der Waals surface area contributed by atoms with Gasteiger partial charge in [-0.25, -0.2) is 0 Å². The minimum absolute atomic E-state index is 0.182. The fourth-order valence-electron chi connectivity index (χ4n) is 4.50. The Balaban J connectivity index is 2.56. The summed E-state index contributed by atoms with van der Waals surface area (Å²) in [4.78, 5) is 0. The zero-order chi connectivity index (χ0) is 16.6. The summed E-state index contributed by atoms with van der Waals surface area (Å²) in [7, 11) is -0.244. The number of allylic oxidation sites excluding steroid dienone is 4. The molecule has 22 heavy (non-hydrogen) atoms. The number of benzene rings is 1. The molecule has 0 amide bonds. The van der Waals surface area contributed by atoms with E-state index in [9.17, 15) is 0 Å². The Morgan fingerprint density at radius 2 is 1.41 bits per heavy atom. The standard InChI is InChI=1S/C21H31P/c1-19(2,3)22(20(4,5)6)21(7)16-12-11-15-18(21)17-13-9-8-10-14-17/h8-16,18H,1-7H3. The van der Waals surface area contributed by atoms with Crippen molar-refractivity contribution in [3.8, 4) is 0 Å². The minimum Gasteiger partial charge on any atom is -0.0847 e. The fourth-order valence-corrected chi connectivity index (χ4v) is 10.2. The van der Waals surface area contributed by atoms with Crippen LogP contribution in [0, 0.1) is 0 Å². The molecule has 1 aliphatic rings. The lowest BCUT2D eigenvalue weighted by Gasteiger charge is -2.54. The highest BCUT2D eigenvalue weighted by Crippen LogP contribution is 2.71. The first-order valence-electron chi connectivity index (χ1n) is 8.28. The Hall–Kier alpha value is -0.870. The molecule has 0 bridgehead atoms. The van der Waals surface area contributed by atoms with Crippen LogP contribution in [0.1, 0.15) is 59.9 Å². The molecule has 0 saturated carbocycles. The van der Waals surface area contributed by atoms with Crippen LogP contribution >= 0.6 is 7.92 Å². The van der Waals surface area contributed by atoms with E-state index in [4.69, 9.17) is 0 Å². The summed E-state index contributed by atoms with van der Waals surface area (Å²) in [6.45, 7) is 17.0. The number of hydrogen-bond acceptors (Lipinski definition) is 0. The van der Waals surface area contributed by atoms with E-state index in [1.54, 1.807) is 0 Å². The van der Waals surface area contributed by atoms with Crippen molar-refractivity contribution >= 4 is 7.92 Å².